The Morgan fingerprint density at radius 1 is 1.52 bits per heavy atom. The van der Waals surface area contributed by atoms with Gasteiger partial charge in [-0.05, 0) is 30.2 Å². The summed E-state index contributed by atoms with van der Waals surface area (Å²) in [7, 11) is 1.43. The highest BCUT2D eigenvalue weighted by molar-refractivity contribution is 8.26. The smallest absolute Gasteiger partial charge is 0.326 e. The summed E-state index contributed by atoms with van der Waals surface area (Å²) in [6, 6.07) is 3.69. The van der Waals surface area contributed by atoms with E-state index in [1.165, 1.54) is 13.2 Å². The molecule has 8 heteroatoms. The number of aromatic hydroxyl groups is 1. The number of thioether (sulfide) groups is 1. The molecule has 0 aliphatic carbocycles. The van der Waals surface area contributed by atoms with Crippen LogP contribution in [0.4, 0.5) is 0 Å². The van der Waals surface area contributed by atoms with Gasteiger partial charge in [0, 0.05) is 0 Å². The van der Waals surface area contributed by atoms with Gasteiger partial charge in [0.15, 0.2) is 11.5 Å². The Hall–Kier alpha value is -2.06. The molecule has 0 spiro atoms. The number of benzene rings is 1. The minimum absolute atomic E-state index is 0.00544. The fraction of sp³-hybridized carbons (Fsp3) is 0.267. The number of carboxylic acid groups (broad SMARTS) is 1. The molecule has 1 aliphatic rings. The number of phenols is 1. The molecule has 6 nitrogen and oxygen atoms in total. The quantitative estimate of drug-likeness (QED) is 0.621. The van der Waals surface area contributed by atoms with Gasteiger partial charge in [-0.1, -0.05) is 37.0 Å². The monoisotopic (exact) mass is 353 g/mol. The zero-order valence-corrected chi connectivity index (χ0v) is 14.1. The number of aliphatic carboxylic acids is 1. The van der Waals surface area contributed by atoms with Crippen molar-refractivity contribution in [1.29, 1.82) is 0 Å². The van der Waals surface area contributed by atoms with Gasteiger partial charge in [0.1, 0.15) is 10.4 Å². The number of carbonyl (C=O) groups is 2. The van der Waals surface area contributed by atoms with Gasteiger partial charge in [-0.3, -0.25) is 9.69 Å². The zero-order chi connectivity index (χ0) is 17.1. The molecule has 0 bridgehead atoms. The van der Waals surface area contributed by atoms with Crippen molar-refractivity contribution in [3.63, 3.8) is 0 Å². The van der Waals surface area contributed by atoms with Gasteiger partial charge in [-0.25, -0.2) is 4.79 Å². The van der Waals surface area contributed by atoms with E-state index in [0.29, 0.717) is 10.5 Å². The molecule has 23 heavy (non-hydrogen) atoms. The third-order valence-electron chi connectivity index (χ3n) is 3.31. The predicted octanol–water partition coefficient (Wildman–Crippen LogP) is 2.47. The highest BCUT2D eigenvalue weighted by Gasteiger charge is 2.39. The summed E-state index contributed by atoms with van der Waals surface area (Å²) in [4.78, 5) is 25.2. The third-order valence-corrected chi connectivity index (χ3v) is 4.64. The fourth-order valence-corrected chi connectivity index (χ4v) is 3.51. The van der Waals surface area contributed by atoms with Gasteiger partial charge in [0.05, 0.1) is 12.0 Å². The largest absolute Gasteiger partial charge is 0.504 e. The van der Waals surface area contributed by atoms with Crippen molar-refractivity contribution >= 4 is 46.3 Å². The van der Waals surface area contributed by atoms with Crippen molar-refractivity contribution in [1.82, 2.24) is 4.90 Å². The van der Waals surface area contributed by atoms with E-state index in [1.54, 1.807) is 25.1 Å². The minimum atomic E-state index is -1.09. The second-order valence-corrected chi connectivity index (χ2v) is 6.42. The Labute approximate surface area is 142 Å². The second-order valence-electron chi connectivity index (χ2n) is 4.75. The lowest BCUT2D eigenvalue weighted by Gasteiger charge is -2.21. The van der Waals surface area contributed by atoms with Crippen molar-refractivity contribution in [3.05, 3.63) is 28.7 Å². The van der Waals surface area contributed by atoms with Gasteiger partial charge in [-0.2, -0.15) is 0 Å². The van der Waals surface area contributed by atoms with Crippen molar-refractivity contribution in [2.24, 2.45) is 0 Å². The fourth-order valence-electron chi connectivity index (χ4n) is 2.15. The van der Waals surface area contributed by atoms with Crippen molar-refractivity contribution in [2.75, 3.05) is 7.11 Å². The molecule has 1 aliphatic heterocycles. The van der Waals surface area contributed by atoms with E-state index in [0.717, 1.165) is 16.7 Å². The zero-order valence-electron chi connectivity index (χ0n) is 12.5. The van der Waals surface area contributed by atoms with E-state index >= 15 is 0 Å². The molecule has 1 heterocycles. The number of carboxylic acids is 1. The molecule has 1 amide bonds. The van der Waals surface area contributed by atoms with Crippen LogP contribution in [0.5, 0.6) is 11.5 Å². The molecule has 1 saturated heterocycles. The normalized spacial score (nSPS) is 17.7. The van der Waals surface area contributed by atoms with Crippen LogP contribution in [0.15, 0.2) is 23.1 Å². The Balaban J connectivity index is 2.33. The molecule has 1 aromatic carbocycles. The van der Waals surface area contributed by atoms with E-state index < -0.39 is 17.9 Å². The molecule has 0 radical (unpaired) electrons. The Morgan fingerprint density at radius 2 is 2.22 bits per heavy atom. The van der Waals surface area contributed by atoms with Gasteiger partial charge >= 0.3 is 5.97 Å². The van der Waals surface area contributed by atoms with Gasteiger partial charge in [-0.15, -0.1) is 0 Å². The number of rotatable bonds is 5. The second kappa shape index (κ2) is 7.01. The number of ether oxygens (including phenoxy) is 1. The van der Waals surface area contributed by atoms with Crippen molar-refractivity contribution < 1.29 is 24.5 Å². The first-order valence-electron chi connectivity index (χ1n) is 6.76. The predicted molar refractivity (Wildman–Crippen MR) is 91.4 cm³/mol. The first-order chi connectivity index (χ1) is 10.9. The maximum Gasteiger partial charge on any atom is 0.326 e. The summed E-state index contributed by atoms with van der Waals surface area (Å²) < 4.78 is 5.24. The van der Waals surface area contributed by atoms with Crippen LogP contribution in [0.1, 0.15) is 18.9 Å². The molecule has 0 unspecified atom stereocenters. The summed E-state index contributed by atoms with van der Waals surface area (Å²) >= 11 is 6.20. The summed E-state index contributed by atoms with van der Waals surface area (Å²) in [6.07, 6.45) is 1.86. The van der Waals surface area contributed by atoms with E-state index in [1.807, 2.05) is 0 Å². The van der Waals surface area contributed by atoms with Crippen molar-refractivity contribution in [2.45, 2.75) is 19.4 Å². The molecule has 2 N–H and O–H groups in total. The number of methoxy groups -OCH3 is 1. The van der Waals surface area contributed by atoms with Crippen molar-refractivity contribution in [3.8, 4) is 11.5 Å². The lowest BCUT2D eigenvalue weighted by atomic mass is 10.1. The summed E-state index contributed by atoms with van der Waals surface area (Å²) in [5, 5.41) is 18.8. The van der Waals surface area contributed by atoms with Crippen LogP contribution in [0.2, 0.25) is 0 Å². The summed E-state index contributed by atoms with van der Waals surface area (Å²) in [6.45, 7) is 1.69. The van der Waals surface area contributed by atoms with Gasteiger partial charge in [0.2, 0.25) is 0 Å². The molecule has 1 fully saturated rings. The highest BCUT2D eigenvalue weighted by Crippen LogP contribution is 2.35. The maximum atomic E-state index is 12.5. The molecular formula is C15H15NO5S2. The lowest BCUT2D eigenvalue weighted by molar-refractivity contribution is -0.145. The Bertz CT molecular complexity index is 701. The van der Waals surface area contributed by atoms with Crippen LogP contribution < -0.4 is 4.74 Å². The lowest BCUT2D eigenvalue weighted by Crippen LogP contribution is -2.43. The molecule has 0 aromatic heterocycles. The minimum Gasteiger partial charge on any atom is -0.504 e. The maximum absolute atomic E-state index is 12.5. The number of hydrogen-bond acceptors (Lipinski definition) is 6. The van der Waals surface area contributed by atoms with Crippen LogP contribution in [0, 0.1) is 0 Å². The van der Waals surface area contributed by atoms with Crippen LogP contribution in [0.25, 0.3) is 6.08 Å². The Kier molecular flexibility index (Phi) is 5.27. The first-order valence-corrected chi connectivity index (χ1v) is 7.98. The van der Waals surface area contributed by atoms with E-state index in [-0.39, 0.29) is 22.2 Å². The standard InChI is InChI=1S/C15H15NO5S2/c1-3-9(14(19)20)16-13(18)12(23-15(16)22)7-8-4-5-10(17)11(6-8)21-2/h4-7,9,17H,3H2,1-2H3,(H,19,20)/t9-/m0/s1. The third kappa shape index (κ3) is 3.48. The van der Waals surface area contributed by atoms with E-state index in [9.17, 15) is 19.8 Å². The summed E-state index contributed by atoms with van der Waals surface area (Å²) in [5.74, 6) is -1.24. The number of nitrogens with zero attached hydrogens (tertiary/aromatic N) is 1. The van der Waals surface area contributed by atoms with E-state index in [2.05, 4.69) is 0 Å². The van der Waals surface area contributed by atoms with Crippen LogP contribution in [-0.4, -0.2) is 44.5 Å². The molecule has 2 rings (SSSR count). The number of amides is 1. The van der Waals surface area contributed by atoms with Crippen LogP contribution in [-0.2, 0) is 9.59 Å². The summed E-state index contributed by atoms with van der Waals surface area (Å²) in [5.41, 5.74) is 0.642. The average molecular weight is 353 g/mol. The number of phenolic OH excluding ortho intramolecular Hbond substituents is 1. The molecular weight excluding hydrogens is 338 g/mol. The Morgan fingerprint density at radius 3 is 2.78 bits per heavy atom. The van der Waals surface area contributed by atoms with Crippen LogP contribution >= 0.6 is 24.0 Å². The van der Waals surface area contributed by atoms with Crippen LogP contribution in [0.3, 0.4) is 0 Å². The number of thiocarbonyl (C=S) groups is 1. The first kappa shape index (κ1) is 17.3. The molecule has 1 atom stereocenters. The number of carbonyl (C=O) groups excluding carboxylic acids is 1. The highest BCUT2D eigenvalue weighted by atomic mass is 32.2. The van der Waals surface area contributed by atoms with Gasteiger partial charge in [0.25, 0.3) is 5.91 Å². The SMILES string of the molecule is CC[C@@H](C(=O)O)N1C(=O)C(=Cc2ccc(O)c(OC)c2)SC1=S. The van der Waals surface area contributed by atoms with E-state index in [4.69, 9.17) is 17.0 Å². The topological polar surface area (TPSA) is 87.1 Å². The molecule has 0 saturated carbocycles. The molecule has 1 aromatic rings. The molecule has 122 valence electrons. The number of hydrogen-bond donors (Lipinski definition) is 2. The van der Waals surface area contributed by atoms with Gasteiger partial charge < -0.3 is 14.9 Å². The average Bonchev–Trinajstić information content (AvgIpc) is 2.77.